The summed E-state index contributed by atoms with van der Waals surface area (Å²) in [5.74, 6) is 0. The molecular weight excluding hydrogens is 170 g/mol. The molecule has 0 aliphatic carbocycles. The van der Waals surface area contributed by atoms with Gasteiger partial charge < -0.3 is 0 Å². The van der Waals surface area contributed by atoms with E-state index in [9.17, 15) is 0 Å². The Labute approximate surface area is 55.6 Å². The third-order valence-electron chi connectivity index (χ3n) is 0.843. The Hall–Kier alpha value is -0.380. The molecule has 0 fully saturated rings. The molecule has 1 unspecified atom stereocenters. The van der Waals surface area contributed by atoms with Crippen LogP contribution >= 0.6 is 15.9 Å². The molecule has 0 amide bonds. The van der Waals surface area contributed by atoms with Gasteiger partial charge in [-0.25, -0.2) is 0 Å². The number of hydrogen-bond acceptors (Lipinski definition) is 2. The van der Waals surface area contributed by atoms with E-state index < -0.39 is 0 Å². The van der Waals surface area contributed by atoms with Crippen molar-refractivity contribution < 1.29 is 0 Å². The molecule has 1 N–H and O–H groups in total. The van der Waals surface area contributed by atoms with Crippen molar-refractivity contribution in [3.05, 3.63) is 11.9 Å². The Morgan fingerprint density at radius 1 is 1.88 bits per heavy atom. The van der Waals surface area contributed by atoms with Crippen LogP contribution in [0.3, 0.4) is 0 Å². The molecule has 0 aliphatic heterocycles. The fourth-order valence-electron chi connectivity index (χ4n) is 0.405. The molecule has 1 atom stereocenters. The summed E-state index contributed by atoms with van der Waals surface area (Å²) in [6, 6.07) is 0. The maximum absolute atomic E-state index is 3.76. The number of nitrogens with zero attached hydrogens (tertiary/aromatic N) is 2. The molecule has 4 heteroatoms. The zero-order chi connectivity index (χ0) is 5.98. The lowest BCUT2D eigenvalue weighted by atomic mass is 10.4. The minimum Gasteiger partial charge on any atom is -0.265 e. The van der Waals surface area contributed by atoms with Crippen molar-refractivity contribution in [3.8, 4) is 0 Å². The van der Waals surface area contributed by atoms with E-state index in [0.717, 1.165) is 5.69 Å². The third kappa shape index (κ3) is 1.06. The summed E-state index contributed by atoms with van der Waals surface area (Å²) in [4.78, 5) is 0.293. The molecule has 0 radical (unpaired) electrons. The van der Waals surface area contributed by atoms with Gasteiger partial charge in [0, 0.05) is 6.20 Å². The summed E-state index contributed by atoms with van der Waals surface area (Å²) < 4.78 is 0. The van der Waals surface area contributed by atoms with Gasteiger partial charge in [-0.1, -0.05) is 21.1 Å². The maximum atomic E-state index is 3.76. The summed E-state index contributed by atoms with van der Waals surface area (Å²) in [6.45, 7) is 2.00. The Morgan fingerprint density at radius 2 is 2.62 bits per heavy atom. The largest absolute Gasteiger partial charge is 0.265 e. The predicted molar refractivity (Wildman–Crippen MR) is 33.7 cm³/mol. The average Bonchev–Trinajstić information content (AvgIpc) is 2.12. The molecule has 1 aromatic heterocycles. The molecule has 0 bridgehead atoms. The van der Waals surface area contributed by atoms with Crippen LogP contribution in [0.2, 0.25) is 0 Å². The number of alkyl halides is 1. The topological polar surface area (TPSA) is 41.6 Å². The van der Waals surface area contributed by atoms with Gasteiger partial charge in [-0.2, -0.15) is 0 Å². The van der Waals surface area contributed by atoms with E-state index in [4.69, 9.17) is 0 Å². The van der Waals surface area contributed by atoms with Crippen LogP contribution in [0.25, 0.3) is 0 Å². The van der Waals surface area contributed by atoms with Gasteiger partial charge in [0.05, 0.1) is 10.5 Å². The first kappa shape index (κ1) is 5.75. The summed E-state index contributed by atoms with van der Waals surface area (Å²) in [7, 11) is 0. The molecule has 3 nitrogen and oxygen atoms in total. The highest BCUT2D eigenvalue weighted by atomic mass is 79.9. The highest BCUT2D eigenvalue weighted by Crippen LogP contribution is 2.16. The van der Waals surface area contributed by atoms with Crippen molar-refractivity contribution in [2.75, 3.05) is 0 Å². The summed E-state index contributed by atoms with van der Waals surface area (Å²) in [5, 5.41) is 9.92. The first-order chi connectivity index (χ1) is 3.80. The van der Waals surface area contributed by atoms with Gasteiger partial charge in [0.15, 0.2) is 0 Å². The fourth-order valence-corrected chi connectivity index (χ4v) is 0.629. The Kier molecular flexibility index (Phi) is 1.62. The standard InChI is InChI=1S/C4H6BrN3/c1-3(5)4-2-6-8-7-4/h2-3H,1H3,(H,6,7,8). The molecule has 0 saturated heterocycles. The lowest BCUT2D eigenvalue weighted by molar-refractivity contribution is 0.906. The lowest BCUT2D eigenvalue weighted by Gasteiger charge is -1.90. The Balaban J connectivity index is 2.77. The molecule has 1 rings (SSSR count). The average molecular weight is 176 g/mol. The van der Waals surface area contributed by atoms with Gasteiger partial charge in [-0.3, -0.25) is 5.10 Å². The van der Waals surface area contributed by atoms with Crippen LogP contribution in [-0.4, -0.2) is 15.4 Å². The van der Waals surface area contributed by atoms with E-state index in [1.165, 1.54) is 0 Å². The number of aromatic nitrogens is 3. The molecule has 44 valence electrons. The van der Waals surface area contributed by atoms with Crippen molar-refractivity contribution in [2.45, 2.75) is 11.8 Å². The van der Waals surface area contributed by atoms with E-state index in [2.05, 4.69) is 31.3 Å². The SMILES string of the molecule is CC(Br)c1c[nH]nn1. The number of nitrogens with one attached hydrogen (secondary N) is 1. The van der Waals surface area contributed by atoms with E-state index in [1.54, 1.807) is 6.20 Å². The van der Waals surface area contributed by atoms with E-state index in [0.29, 0.717) is 4.83 Å². The van der Waals surface area contributed by atoms with E-state index in [1.807, 2.05) is 6.92 Å². The molecule has 1 heterocycles. The number of aromatic amines is 1. The smallest absolute Gasteiger partial charge is 0.0957 e. The molecule has 0 aromatic carbocycles. The van der Waals surface area contributed by atoms with Crippen LogP contribution in [0.1, 0.15) is 17.4 Å². The van der Waals surface area contributed by atoms with Crippen LogP contribution in [0.5, 0.6) is 0 Å². The van der Waals surface area contributed by atoms with Gasteiger partial charge in [0.25, 0.3) is 0 Å². The fraction of sp³-hybridized carbons (Fsp3) is 0.500. The van der Waals surface area contributed by atoms with Crippen molar-refractivity contribution in [1.82, 2.24) is 15.4 Å². The summed E-state index contributed by atoms with van der Waals surface area (Å²) in [5.41, 5.74) is 0.935. The van der Waals surface area contributed by atoms with Gasteiger partial charge in [-0.15, -0.1) is 5.10 Å². The van der Waals surface area contributed by atoms with Gasteiger partial charge in [0.2, 0.25) is 0 Å². The third-order valence-corrected chi connectivity index (χ3v) is 1.31. The van der Waals surface area contributed by atoms with Crippen LogP contribution in [0.4, 0.5) is 0 Å². The molecule has 0 aliphatic rings. The number of halogens is 1. The minimum atomic E-state index is 0.293. The van der Waals surface area contributed by atoms with E-state index in [-0.39, 0.29) is 0 Å². The van der Waals surface area contributed by atoms with Gasteiger partial charge >= 0.3 is 0 Å². The Bertz CT molecular complexity index is 146. The normalized spacial score (nSPS) is 13.8. The predicted octanol–water partition coefficient (Wildman–Crippen LogP) is 1.26. The zero-order valence-electron chi connectivity index (χ0n) is 4.43. The lowest BCUT2D eigenvalue weighted by Crippen LogP contribution is -1.81. The molecule has 1 aromatic rings. The first-order valence-electron chi connectivity index (χ1n) is 2.31. The highest BCUT2D eigenvalue weighted by Gasteiger charge is 2.00. The maximum Gasteiger partial charge on any atom is 0.0957 e. The van der Waals surface area contributed by atoms with Crippen molar-refractivity contribution in [1.29, 1.82) is 0 Å². The van der Waals surface area contributed by atoms with Crippen molar-refractivity contribution in [2.24, 2.45) is 0 Å². The second-order valence-corrected chi connectivity index (χ2v) is 2.89. The van der Waals surface area contributed by atoms with E-state index >= 15 is 0 Å². The highest BCUT2D eigenvalue weighted by molar-refractivity contribution is 9.09. The minimum absolute atomic E-state index is 0.293. The van der Waals surface area contributed by atoms with Crippen molar-refractivity contribution >= 4 is 15.9 Å². The number of H-pyrrole nitrogens is 1. The summed E-state index contributed by atoms with van der Waals surface area (Å²) >= 11 is 3.34. The second kappa shape index (κ2) is 2.26. The van der Waals surface area contributed by atoms with Crippen LogP contribution in [0.15, 0.2) is 6.20 Å². The zero-order valence-corrected chi connectivity index (χ0v) is 6.01. The van der Waals surface area contributed by atoms with Gasteiger partial charge in [0.1, 0.15) is 0 Å². The molecule has 0 saturated carbocycles. The second-order valence-electron chi connectivity index (χ2n) is 1.51. The quantitative estimate of drug-likeness (QED) is 0.654. The van der Waals surface area contributed by atoms with Crippen LogP contribution < -0.4 is 0 Å². The molecule has 0 spiro atoms. The number of rotatable bonds is 1. The summed E-state index contributed by atoms with van der Waals surface area (Å²) in [6.07, 6.45) is 1.76. The van der Waals surface area contributed by atoms with Gasteiger partial charge in [-0.05, 0) is 6.92 Å². The first-order valence-corrected chi connectivity index (χ1v) is 3.22. The molecule has 8 heavy (non-hydrogen) atoms. The Morgan fingerprint density at radius 3 is 2.88 bits per heavy atom. The monoisotopic (exact) mass is 175 g/mol. The van der Waals surface area contributed by atoms with Crippen molar-refractivity contribution in [3.63, 3.8) is 0 Å². The van der Waals surface area contributed by atoms with Crippen LogP contribution in [0, 0.1) is 0 Å². The number of hydrogen-bond donors (Lipinski definition) is 1. The van der Waals surface area contributed by atoms with Crippen LogP contribution in [-0.2, 0) is 0 Å². The molecular formula is C4H6BrN3.